The van der Waals surface area contributed by atoms with Gasteiger partial charge in [-0.15, -0.1) is 0 Å². The Bertz CT molecular complexity index is 732. The molecule has 0 fully saturated rings. The standard InChI is InChI=1S/C17H14FNO3S/c18-13-4-6-14(7-5-13)22-16-3-1-2-15(12-16)20-9-10-21-17-19-8-11-23-17/h1-8,11-12H,9-10H2. The first kappa shape index (κ1) is 15.3. The highest BCUT2D eigenvalue weighted by Crippen LogP contribution is 2.25. The van der Waals surface area contributed by atoms with Crippen LogP contribution in [0, 0.1) is 5.82 Å². The number of hydrogen-bond donors (Lipinski definition) is 0. The van der Waals surface area contributed by atoms with Crippen LogP contribution in [0.4, 0.5) is 4.39 Å². The molecule has 23 heavy (non-hydrogen) atoms. The molecule has 0 bridgehead atoms. The van der Waals surface area contributed by atoms with Crippen molar-refractivity contribution in [2.75, 3.05) is 13.2 Å². The summed E-state index contributed by atoms with van der Waals surface area (Å²) >= 11 is 1.44. The van der Waals surface area contributed by atoms with E-state index in [1.54, 1.807) is 24.4 Å². The second-order valence-electron chi connectivity index (χ2n) is 4.53. The normalized spacial score (nSPS) is 10.3. The molecule has 0 aliphatic rings. The Labute approximate surface area is 137 Å². The molecule has 0 unspecified atom stereocenters. The van der Waals surface area contributed by atoms with Gasteiger partial charge in [0.2, 0.25) is 0 Å². The molecular weight excluding hydrogens is 317 g/mol. The fraction of sp³-hybridized carbons (Fsp3) is 0.118. The lowest BCUT2D eigenvalue weighted by atomic mass is 10.3. The second-order valence-corrected chi connectivity index (χ2v) is 5.38. The van der Waals surface area contributed by atoms with Crippen molar-refractivity contribution in [1.82, 2.24) is 4.98 Å². The predicted octanol–water partition coefficient (Wildman–Crippen LogP) is 4.53. The van der Waals surface area contributed by atoms with Crippen LogP contribution in [-0.2, 0) is 0 Å². The average Bonchev–Trinajstić information content (AvgIpc) is 3.08. The number of hydrogen-bond acceptors (Lipinski definition) is 5. The summed E-state index contributed by atoms with van der Waals surface area (Å²) in [5.41, 5.74) is 0. The summed E-state index contributed by atoms with van der Waals surface area (Å²) in [6.07, 6.45) is 1.69. The first-order valence-corrected chi connectivity index (χ1v) is 7.86. The van der Waals surface area contributed by atoms with E-state index in [0.29, 0.717) is 35.7 Å². The lowest BCUT2D eigenvalue weighted by Crippen LogP contribution is -2.08. The Balaban J connectivity index is 1.51. The number of ether oxygens (including phenoxy) is 3. The summed E-state index contributed by atoms with van der Waals surface area (Å²) < 4.78 is 29.6. The molecule has 0 N–H and O–H groups in total. The molecule has 3 rings (SSSR count). The lowest BCUT2D eigenvalue weighted by molar-refractivity contribution is 0.216. The second kappa shape index (κ2) is 7.60. The molecule has 2 aromatic carbocycles. The van der Waals surface area contributed by atoms with Crippen molar-refractivity contribution in [3.8, 4) is 22.4 Å². The summed E-state index contributed by atoms with van der Waals surface area (Å²) in [6, 6.07) is 13.1. The highest BCUT2D eigenvalue weighted by Gasteiger charge is 2.01. The van der Waals surface area contributed by atoms with Gasteiger partial charge in [-0.1, -0.05) is 17.4 Å². The van der Waals surface area contributed by atoms with Crippen LogP contribution in [-0.4, -0.2) is 18.2 Å². The number of aromatic nitrogens is 1. The molecule has 0 saturated carbocycles. The summed E-state index contributed by atoms with van der Waals surface area (Å²) in [5.74, 6) is 1.56. The smallest absolute Gasteiger partial charge is 0.273 e. The van der Waals surface area contributed by atoms with Gasteiger partial charge in [0, 0.05) is 17.6 Å². The van der Waals surface area contributed by atoms with Crippen LogP contribution in [0.5, 0.6) is 22.4 Å². The maximum absolute atomic E-state index is 12.9. The van der Waals surface area contributed by atoms with E-state index < -0.39 is 0 Å². The lowest BCUT2D eigenvalue weighted by Gasteiger charge is -2.09. The average molecular weight is 331 g/mol. The third-order valence-electron chi connectivity index (χ3n) is 2.84. The topological polar surface area (TPSA) is 40.6 Å². The highest BCUT2D eigenvalue weighted by atomic mass is 32.1. The van der Waals surface area contributed by atoms with Gasteiger partial charge in [-0.05, 0) is 36.4 Å². The number of nitrogens with zero attached hydrogens (tertiary/aromatic N) is 1. The zero-order valence-corrected chi connectivity index (χ0v) is 13.0. The number of rotatable bonds is 7. The molecule has 118 valence electrons. The summed E-state index contributed by atoms with van der Waals surface area (Å²) in [6.45, 7) is 0.816. The largest absolute Gasteiger partial charge is 0.490 e. The minimum absolute atomic E-state index is 0.297. The van der Waals surface area contributed by atoms with Gasteiger partial charge in [0.25, 0.3) is 5.19 Å². The van der Waals surface area contributed by atoms with Crippen LogP contribution in [0.1, 0.15) is 0 Å². The van der Waals surface area contributed by atoms with Crippen LogP contribution in [0.25, 0.3) is 0 Å². The van der Waals surface area contributed by atoms with Crippen LogP contribution in [0.3, 0.4) is 0 Å². The molecule has 0 radical (unpaired) electrons. The van der Waals surface area contributed by atoms with E-state index in [1.807, 2.05) is 23.6 Å². The maximum atomic E-state index is 12.9. The van der Waals surface area contributed by atoms with Crippen molar-refractivity contribution in [2.24, 2.45) is 0 Å². The fourth-order valence-electron chi connectivity index (χ4n) is 1.84. The van der Waals surface area contributed by atoms with Crippen molar-refractivity contribution >= 4 is 11.3 Å². The van der Waals surface area contributed by atoms with E-state index >= 15 is 0 Å². The zero-order valence-electron chi connectivity index (χ0n) is 12.1. The first-order valence-electron chi connectivity index (χ1n) is 6.98. The molecule has 6 heteroatoms. The Kier molecular flexibility index (Phi) is 5.06. The molecule has 1 heterocycles. The summed E-state index contributed by atoms with van der Waals surface area (Å²) in [4.78, 5) is 4.02. The van der Waals surface area contributed by atoms with Gasteiger partial charge in [0.1, 0.15) is 36.3 Å². The van der Waals surface area contributed by atoms with E-state index in [9.17, 15) is 4.39 Å². The number of benzene rings is 2. The van der Waals surface area contributed by atoms with Crippen LogP contribution in [0.15, 0.2) is 60.1 Å². The minimum atomic E-state index is -0.297. The molecule has 0 atom stereocenters. The van der Waals surface area contributed by atoms with Gasteiger partial charge < -0.3 is 14.2 Å². The number of halogens is 1. The van der Waals surface area contributed by atoms with Gasteiger partial charge in [-0.3, -0.25) is 0 Å². The monoisotopic (exact) mass is 331 g/mol. The van der Waals surface area contributed by atoms with E-state index in [2.05, 4.69) is 4.98 Å². The van der Waals surface area contributed by atoms with Crippen molar-refractivity contribution in [1.29, 1.82) is 0 Å². The Morgan fingerprint density at radius 3 is 2.48 bits per heavy atom. The molecule has 4 nitrogen and oxygen atoms in total. The first-order chi connectivity index (χ1) is 11.3. The van der Waals surface area contributed by atoms with Crippen LogP contribution < -0.4 is 14.2 Å². The van der Waals surface area contributed by atoms with Gasteiger partial charge >= 0.3 is 0 Å². The Morgan fingerprint density at radius 2 is 1.70 bits per heavy atom. The summed E-state index contributed by atoms with van der Waals surface area (Å²) in [7, 11) is 0. The molecule has 0 spiro atoms. The predicted molar refractivity (Wildman–Crippen MR) is 86.0 cm³/mol. The molecule has 0 aliphatic carbocycles. The van der Waals surface area contributed by atoms with E-state index in [1.165, 1.54) is 23.5 Å². The minimum Gasteiger partial charge on any atom is -0.490 e. The molecule has 1 aromatic heterocycles. The molecule has 0 amide bonds. The van der Waals surface area contributed by atoms with E-state index in [0.717, 1.165) is 0 Å². The van der Waals surface area contributed by atoms with Gasteiger partial charge in [0.05, 0.1) is 0 Å². The van der Waals surface area contributed by atoms with Gasteiger partial charge in [-0.2, -0.15) is 0 Å². The molecular formula is C17H14FNO3S. The van der Waals surface area contributed by atoms with Crippen molar-refractivity contribution in [3.63, 3.8) is 0 Å². The zero-order chi connectivity index (χ0) is 15.9. The third-order valence-corrected chi connectivity index (χ3v) is 3.52. The third kappa shape index (κ3) is 4.69. The van der Waals surface area contributed by atoms with Crippen molar-refractivity contribution < 1.29 is 18.6 Å². The SMILES string of the molecule is Fc1ccc(Oc2cccc(OCCOc3nccs3)c2)cc1. The van der Waals surface area contributed by atoms with Crippen LogP contribution >= 0.6 is 11.3 Å². The van der Waals surface area contributed by atoms with Crippen LogP contribution in [0.2, 0.25) is 0 Å². The van der Waals surface area contributed by atoms with Gasteiger partial charge in [-0.25, -0.2) is 9.37 Å². The highest BCUT2D eigenvalue weighted by molar-refractivity contribution is 7.11. The quantitative estimate of drug-likeness (QED) is 0.596. The Morgan fingerprint density at radius 1 is 0.913 bits per heavy atom. The maximum Gasteiger partial charge on any atom is 0.273 e. The number of thiazole rings is 1. The fourth-order valence-corrected chi connectivity index (χ4v) is 2.35. The summed E-state index contributed by atoms with van der Waals surface area (Å²) in [5, 5.41) is 2.48. The molecule has 3 aromatic rings. The van der Waals surface area contributed by atoms with Gasteiger partial charge in [0.15, 0.2) is 0 Å². The van der Waals surface area contributed by atoms with Crippen molar-refractivity contribution in [3.05, 3.63) is 65.9 Å². The van der Waals surface area contributed by atoms with E-state index in [-0.39, 0.29) is 5.82 Å². The molecule has 0 saturated heterocycles. The van der Waals surface area contributed by atoms with E-state index in [4.69, 9.17) is 14.2 Å². The Hall–Kier alpha value is -2.60. The molecule has 0 aliphatic heterocycles. The van der Waals surface area contributed by atoms with Crippen molar-refractivity contribution in [2.45, 2.75) is 0 Å².